The van der Waals surface area contributed by atoms with Gasteiger partial charge in [0.15, 0.2) is 0 Å². The first-order valence-corrected chi connectivity index (χ1v) is 5.79. The van der Waals surface area contributed by atoms with Gasteiger partial charge in [0.2, 0.25) is 0 Å². The van der Waals surface area contributed by atoms with Gasteiger partial charge in [-0.25, -0.2) is 13.6 Å². The van der Waals surface area contributed by atoms with E-state index in [-0.39, 0.29) is 12.1 Å². The standard InChI is InChI=1S/C12H16F2N2O3/c1-3-12(2,11(18)19)15-10(17)8-5-4-6-16(8)7-9(13)14/h4-6,9H,3,7H2,1-2H3,(H,15,17)(H,18,19). The lowest BCUT2D eigenvalue weighted by Gasteiger charge is -2.24. The van der Waals surface area contributed by atoms with Crippen LogP contribution in [-0.2, 0) is 11.3 Å². The number of aromatic nitrogens is 1. The SMILES string of the molecule is CCC(C)(NC(=O)c1cccn1CC(F)F)C(=O)O. The van der Waals surface area contributed by atoms with Gasteiger partial charge in [0.25, 0.3) is 12.3 Å². The summed E-state index contributed by atoms with van der Waals surface area (Å²) in [5.41, 5.74) is -1.40. The van der Waals surface area contributed by atoms with E-state index in [0.29, 0.717) is 0 Å². The predicted molar refractivity (Wildman–Crippen MR) is 64.2 cm³/mol. The van der Waals surface area contributed by atoms with Crippen LogP contribution >= 0.6 is 0 Å². The molecule has 1 aromatic heterocycles. The zero-order valence-electron chi connectivity index (χ0n) is 10.7. The maximum absolute atomic E-state index is 12.3. The molecule has 0 bridgehead atoms. The lowest BCUT2D eigenvalue weighted by molar-refractivity contribution is -0.143. The van der Waals surface area contributed by atoms with E-state index in [2.05, 4.69) is 5.32 Å². The molecule has 1 rings (SSSR count). The lowest BCUT2D eigenvalue weighted by Crippen LogP contribution is -2.52. The van der Waals surface area contributed by atoms with E-state index >= 15 is 0 Å². The average Bonchev–Trinajstić information content (AvgIpc) is 2.75. The number of nitrogens with one attached hydrogen (secondary N) is 1. The molecule has 7 heteroatoms. The molecule has 0 fully saturated rings. The topological polar surface area (TPSA) is 71.3 Å². The molecule has 0 saturated carbocycles. The van der Waals surface area contributed by atoms with E-state index in [1.54, 1.807) is 6.92 Å². The van der Waals surface area contributed by atoms with Gasteiger partial charge in [-0.15, -0.1) is 0 Å². The van der Waals surface area contributed by atoms with Gasteiger partial charge in [-0.2, -0.15) is 0 Å². The first-order valence-electron chi connectivity index (χ1n) is 5.79. The number of aliphatic carboxylic acids is 1. The van der Waals surface area contributed by atoms with Crippen LogP contribution in [0, 0.1) is 0 Å². The van der Waals surface area contributed by atoms with Crippen molar-refractivity contribution in [3.63, 3.8) is 0 Å². The first-order chi connectivity index (χ1) is 8.80. The summed E-state index contributed by atoms with van der Waals surface area (Å²) in [4.78, 5) is 23.0. The average molecular weight is 274 g/mol. The number of halogens is 2. The number of carbonyl (C=O) groups is 2. The van der Waals surface area contributed by atoms with Gasteiger partial charge in [0.05, 0.1) is 6.54 Å². The summed E-state index contributed by atoms with van der Waals surface area (Å²) in [6, 6.07) is 2.83. The fourth-order valence-electron chi connectivity index (χ4n) is 1.54. The Balaban J connectivity index is 2.90. The van der Waals surface area contributed by atoms with E-state index in [0.717, 1.165) is 4.57 Å². The summed E-state index contributed by atoms with van der Waals surface area (Å²) >= 11 is 0. The Morgan fingerprint density at radius 2 is 2.16 bits per heavy atom. The second-order valence-electron chi connectivity index (χ2n) is 4.38. The van der Waals surface area contributed by atoms with Crippen molar-refractivity contribution in [1.29, 1.82) is 0 Å². The van der Waals surface area contributed by atoms with Crippen LogP contribution in [0.4, 0.5) is 8.78 Å². The van der Waals surface area contributed by atoms with Crippen molar-refractivity contribution in [2.75, 3.05) is 0 Å². The summed E-state index contributed by atoms with van der Waals surface area (Å²) in [5.74, 6) is -1.85. The van der Waals surface area contributed by atoms with Gasteiger partial charge >= 0.3 is 5.97 Å². The van der Waals surface area contributed by atoms with Gasteiger partial charge in [-0.05, 0) is 25.5 Å². The minimum Gasteiger partial charge on any atom is -0.480 e. The molecule has 106 valence electrons. The number of hydrogen-bond donors (Lipinski definition) is 2. The van der Waals surface area contributed by atoms with Crippen LogP contribution in [0.25, 0.3) is 0 Å². The third-order valence-electron chi connectivity index (χ3n) is 2.97. The fourth-order valence-corrected chi connectivity index (χ4v) is 1.54. The summed E-state index contributed by atoms with van der Waals surface area (Å²) in [6.45, 7) is 2.38. The Hall–Kier alpha value is -1.92. The third kappa shape index (κ3) is 3.52. The molecule has 0 aliphatic carbocycles. The Labute approximate surface area is 109 Å². The number of carbonyl (C=O) groups excluding carboxylic acids is 1. The highest BCUT2D eigenvalue weighted by atomic mass is 19.3. The highest BCUT2D eigenvalue weighted by Crippen LogP contribution is 2.12. The number of nitrogens with zero attached hydrogens (tertiary/aromatic N) is 1. The number of hydrogen-bond acceptors (Lipinski definition) is 2. The fraction of sp³-hybridized carbons (Fsp3) is 0.500. The monoisotopic (exact) mass is 274 g/mol. The molecule has 19 heavy (non-hydrogen) atoms. The largest absolute Gasteiger partial charge is 0.480 e. The lowest BCUT2D eigenvalue weighted by atomic mass is 9.99. The molecule has 1 aromatic rings. The van der Waals surface area contributed by atoms with Crippen LogP contribution in [0.5, 0.6) is 0 Å². The van der Waals surface area contributed by atoms with E-state index in [9.17, 15) is 18.4 Å². The maximum Gasteiger partial charge on any atom is 0.329 e. The minimum atomic E-state index is -2.59. The van der Waals surface area contributed by atoms with Crippen LogP contribution < -0.4 is 5.32 Å². The summed E-state index contributed by atoms with van der Waals surface area (Å²) in [6.07, 6.45) is -1.05. The van der Waals surface area contributed by atoms with Crippen molar-refractivity contribution >= 4 is 11.9 Å². The van der Waals surface area contributed by atoms with E-state index in [4.69, 9.17) is 5.11 Å². The molecule has 0 radical (unpaired) electrons. The normalized spacial score (nSPS) is 14.2. The van der Waals surface area contributed by atoms with Crippen LogP contribution in [-0.4, -0.2) is 33.5 Å². The number of carboxylic acids is 1. The van der Waals surface area contributed by atoms with Crippen molar-refractivity contribution in [1.82, 2.24) is 9.88 Å². The van der Waals surface area contributed by atoms with Crippen molar-refractivity contribution in [2.24, 2.45) is 0 Å². The number of carboxylic acid groups (broad SMARTS) is 1. The molecule has 1 heterocycles. The van der Waals surface area contributed by atoms with Crippen LogP contribution in [0.2, 0.25) is 0 Å². The van der Waals surface area contributed by atoms with Crippen LogP contribution in [0.3, 0.4) is 0 Å². The molecule has 0 spiro atoms. The van der Waals surface area contributed by atoms with Gasteiger partial charge in [-0.3, -0.25) is 4.79 Å². The van der Waals surface area contributed by atoms with E-state index in [1.807, 2.05) is 0 Å². The second kappa shape index (κ2) is 5.81. The van der Waals surface area contributed by atoms with E-state index in [1.165, 1.54) is 25.3 Å². The Kier molecular flexibility index (Phi) is 4.63. The molecular formula is C12H16F2N2O3. The molecular weight excluding hydrogens is 258 g/mol. The first kappa shape index (κ1) is 15.1. The highest BCUT2D eigenvalue weighted by Gasteiger charge is 2.33. The zero-order chi connectivity index (χ0) is 14.6. The highest BCUT2D eigenvalue weighted by molar-refractivity contribution is 5.96. The van der Waals surface area contributed by atoms with Crippen molar-refractivity contribution in [3.05, 3.63) is 24.0 Å². The minimum absolute atomic E-state index is 0.0150. The third-order valence-corrected chi connectivity index (χ3v) is 2.97. The van der Waals surface area contributed by atoms with Crippen LogP contribution in [0.1, 0.15) is 30.8 Å². The predicted octanol–water partition coefficient (Wildman–Crippen LogP) is 1.74. The smallest absolute Gasteiger partial charge is 0.329 e. The van der Waals surface area contributed by atoms with Crippen molar-refractivity contribution in [2.45, 2.75) is 38.8 Å². The quantitative estimate of drug-likeness (QED) is 0.830. The maximum atomic E-state index is 12.3. The molecule has 5 nitrogen and oxygen atoms in total. The molecule has 0 aliphatic rings. The Bertz CT molecular complexity index is 473. The molecule has 0 aromatic carbocycles. The number of rotatable bonds is 6. The van der Waals surface area contributed by atoms with Gasteiger partial charge in [0, 0.05) is 6.20 Å². The summed E-state index contributed by atoms with van der Waals surface area (Å²) in [5, 5.41) is 11.4. The van der Waals surface area contributed by atoms with Gasteiger partial charge < -0.3 is 15.0 Å². The molecule has 2 N–H and O–H groups in total. The van der Waals surface area contributed by atoms with Crippen molar-refractivity contribution in [3.8, 4) is 0 Å². The molecule has 0 saturated heterocycles. The van der Waals surface area contributed by atoms with Crippen molar-refractivity contribution < 1.29 is 23.5 Å². The number of amides is 1. The van der Waals surface area contributed by atoms with Crippen LogP contribution in [0.15, 0.2) is 18.3 Å². The Morgan fingerprint density at radius 1 is 1.53 bits per heavy atom. The zero-order valence-corrected chi connectivity index (χ0v) is 10.7. The molecule has 1 amide bonds. The molecule has 1 unspecified atom stereocenters. The Morgan fingerprint density at radius 3 is 2.63 bits per heavy atom. The molecule has 1 atom stereocenters. The van der Waals surface area contributed by atoms with Gasteiger partial charge in [-0.1, -0.05) is 6.92 Å². The number of alkyl halides is 2. The van der Waals surface area contributed by atoms with Gasteiger partial charge in [0.1, 0.15) is 11.2 Å². The summed E-state index contributed by atoms with van der Waals surface area (Å²) < 4.78 is 25.7. The summed E-state index contributed by atoms with van der Waals surface area (Å²) in [7, 11) is 0. The molecule has 0 aliphatic heterocycles. The van der Waals surface area contributed by atoms with E-state index < -0.39 is 30.4 Å². The second-order valence-corrected chi connectivity index (χ2v) is 4.38.